The van der Waals surface area contributed by atoms with E-state index >= 15 is 0 Å². The van der Waals surface area contributed by atoms with Crippen molar-refractivity contribution in [1.29, 1.82) is 0 Å². The summed E-state index contributed by atoms with van der Waals surface area (Å²) in [4.78, 5) is 4.15. The zero-order chi connectivity index (χ0) is 6.81. The first-order valence-corrected chi connectivity index (χ1v) is 3.18. The van der Waals surface area contributed by atoms with Crippen LogP contribution in [0, 0.1) is 6.07 Å². The van der Waals surface area contributed by atoms with Crippen LogP contribution in [-0.4, -0.2) is 4.98 Å². The normalized spacial score (nSPS) is 9.09. The Morgan fingerprint density at radius 2 is 2.18 bits per heavy atom. The van der Waals surface area contributed by atoms with Gasteiger partial charge in [-0.3, -0.25) is 0 Å². The van der Waals surface area contributed by atoms with Gasteiger partial charge >= 0.3 is 51.4 Å². The minimum absolute atomic E-state index is 0. The van der Waals surface area contributed by atoms with Crippen LogP contribution in [0.5, 0.6) is 0 Å². The number of hydrogen-bond acceptors (Lipinski definition) is 1. The average Bonchev–Trinajstić information content (AvgIpc) is 2.05. The molecule has 1 aromatic heterocycles. The van der Waals surface area contributed by atoms with Crippen molar-refractivity contribution in [2.75, 3.05) is 0 Å². The number of rotatable bonds is 0. The molecule has 2 rings (SSSR count). The molecule has 0 atom stereocenters. The zero-order valence-corrected chi connectivity index (χ0v) is 9.53. The van der Waals surface area contributed by atoms with Gasteiger partial charge in [0.25, 0.3) is 0 Å². The van der Waals surface area contributed by atoms with E-state index in [2.05, 4.69) is 11.1 Å². The number of benzene rings is 1. The van der Waals surface area contributed by atoms with E-state index in [0.717, 1.165) is 5.52 Å². The molecule has 48 valence electrons. The molecule has 0 saturated carbocycles. The van der Waals surface area contributed by atoms with E-state index < -0.39 is 0 Å². The molecule has 0 aliphatic rings. The molecule has 0 spiro atoms. The van der Waals surface area contributed by atoms with Crippen molar-refractivity contribution in [3.05, 3.63) is 42.6 Å². The van der Waals surface area contributed by atoms with Crippen LogP contribution in [-0.2, 0) is 0 Å². The number of hydrogen-bond donors (Lipinski definition) is 0. The molecule has 2 heteroatoms. The number of pyridine rings is 1. The fourth-order valence-electron chi connectivity index (χ4n) is 0.956. The number of aromatic nitrogens is 1. The van der Waals surface area contributed by atoms with Crippen molar-refractivity contribution in [3.63, 3.8) is 0 Å². The van der Waals surface area contributed by atoms with Gasteiger partial charge in [0, 0.05) is 6.20 Å². The molecule has 0 unspecified atom stereocenters. The van der Waals surface area contributed by atoms with E-state index in [4.69, 9.17) is 0 Å². The van der Waals surface area contributed by atoms with Gasteiger partial charge in [0.05, 0.1) is 0 Å². The molecule has 0 amide bonds. The number of nitrogens with zero attached hydrogens (tertiary/aromatic N) is 1. The van der Waals surface area contributed by atoms with Crippen LogP contribution >= 0.6 is 0 Å². The fraction of sp³-hybridized carbons (Fsp3) is 0. The third-order valence-corrected chi connectivity index (χ3v) is 1.45. The van der Waals surface area contributed by atoms with Gasteiger partial charge in [-0.1, -0.05) is 6.07 Å². The second kappa shape index (κ2) is 4.33. The molecular weight excluding hydrogens is 161 g/mol. The van der Waals surface area contributed by atoms with Gasteiger partial charge in [0.2, 0.25) is 0 Å². The predicted molar refractivity (Wildman–Crippen MR) is 40.6 cm³/mol. The van der Waals surface area contributed by atoms with Gasteiger partial charge in [-0.2, -0.15) is 24.3 Å². The van der Waals surface area contributed by atoms with Crippen molar-refractivity contribution in [2.45, 2.75) is 0 Å². The van der Waals surface area contributed by atoms with Crippen LogP contribution in [0.25, 0.3) is 10.9 Å². The quantitative estimate of drug-likeness (QED) is 0.364. The molecule has 0 fully saturated rings. The third kappa shape index (κ3) is 2.10. The van der Waals surface area contributed by atoms with E-state index in [0.29, 0.717) is 0 Å². The molecular formula is C9H6KN. The van der Waals surface area contributed by atoms with Crippen molar-refractivity contribution in [3.8, 4) is 0 Å². The fourth-order valence-corrected chi connectivity index (χ4v) is 0.956. The first-order valence-electron chi connectivity index (χ1n) is 3.18. The first kappa shape index (κ1) is 9.36. The molecule has 0 radical (unpaired) electrons. The molecule has 0 aliphatic carbocycles. The summed E-state index contributed by atoms with van der Waals surface area (Å²) in [6.45, 7) is 0. The van der Waals surface area contributed by atoms with Crippen LogP contribution in [0.1, 0.15) is 0 Å². The van der Waals surface area contributed by atoms with Crippen molar-refractivity contribution in [2.24, 2.45) is 0 Å². The Kier molecular flexibility index (Phi) is 3.68. The summed E-state index contributed by atoms with van der Waals surface area (Å²) >= 11 is 0. The Bertz CT molecular complexity index is 281. The van der Waals surface area contributed by atoms with Crippen molar-refractivity contribution in [1.82, 2.24) is 4.98 Å². The van der Waals surface area contributed by atoms with E-state index in [1.165, 1.54) is 5.39 Å². The van der Waals surface area contributed by atoms with Crippen molar-refractivity contribution >= 4 is 10.9 Å². The Morgan fingerprint density at radius 1 is 1.27 bits per heavy atom. The molecule has 0 saturated heterocycles. The average molecular weight is 167 g/mol. The summed E-state index contributed by atoms with van der Waals surface area (Å²) in [7, 11) is 0. The van der Waals surface area contributed by atoms with E-state index in [-0.39, 0.29) is 51.4 Å². The standard InChI is InChI=1S/C9H6N.K/c1-2-6-9-8(4-1)5-3-7-10-9;/h1,3-7H;/q-1;+1. The summed E-state index contributed by atoms with van der Waals surface area (Å²) < 4.78 is 0. The van der Waals surface area contributed by atoms with Gasteiger partial charge in [-0.05, 0) is 11.6 Å². The van der Waals surface area contributed by atoms with Gasteiger partial charge in [0.1, 0.15) is 0 Å². The van der Waals surface area contributed by atoms with Gasteiger partial charge in [-0.15, -0.1) is 5.39 Å². The first-order chi connectivity index (χ1) is 4.97. The number of fused-ring (bicyclic) bond motifs is 1. The third-order valence-electron chi connectivity index (χ3n) is 1.45. The minimum Gasteiger partial charge on any atom is -0.321 e. The zero-order valence-electron chi connectivity index (χ0n) is 6.41. The van der Waals surface area contributed by atoms with Gasteiger partial charge < -0.3 is 4.98 Å². The molecule has 0 bridgehead atoms. The Morgan fingerprint density at radius 3 is 3.00 bits per heavy atom. The molecule has 2 aromatic rings. The molecule has 11 heavy (non-hydrogen) atoms. The Hall–Kier alpha value is 0.266. The Balaban J connectivity index is 0.000000605. The summed E-state index contributed by atoms with van der Waals surface area (Å²) in [6.07, 6.45) is 1.79. The maximum atomic E-state index is 4.15. The smallest absolute Gasteiger partial charge is 0.321 e. The maximum Gasteiger partial charge on any atom is 1.00 e. The van der Waals surface area contributed by atoms with Gasteiger partial charge in [-0.25, -0.2) is 0 Å². The summed E-state index contributed by atoms with van der Waals surface area (Å²) in [5.74, 6) is 0. The SMILES string of the molecule is [K+].[c-]1ccc2cccnc2c1. The summed E-state index contributed by atoms with van der Waals surface area (Å²) in [5, 5.41) is 1.17. The van der Waals surface area contributed by atoms with Gasteiger partial charge in [0.15, 0.2) is 0 Å². The van der Waals surface area contributed by atoms with E-state index in [1.54, 1.807) is 6.20 Å². The van der Waals surface area contributed by atoms with Crippen LogP contribution in [0.15, 0.2) is 36.5 Å². The van der Waals surface area contributed by atoms with Crippen LogP contribution < -0.4 is 51.4 Å². The minimum atomic E-state index is 0. The molecule has 1 nitrogen and oxygen atoms in total. The molecule has 1 heterocycles. The monoisotopic (exact) mass is 167 g/mol. The van der Waals surface area contributed by atoms with Crippen molar-refractivity contribution < 1.29 is 51.4 Å². The summed E-state index contributed by atoms with van der Waals surface area (Å²) in [5.41, 5.74) is 1.00. The van der Waals surface area contributed by atoms with E-state index in [1.807, 2.05) is 30.3 Å². The van der Waals surface area contributed by atoms with Crippen LogP contribution in [0.4, 0.5) is 0 Å². The molecule has 1 aromatic carbocycles. The largest absolute Gasteiger partial charge is 1.00 e. The van der Waals surface area contributed by atoms with E-state index in [9.17, 15) is 0 Å². The van der Waals surface area contributed by atoms with Crippen LogP contribution in [0.2, 0.25) is 0 Å². The maximum absolute atomic E-state index is 4.15. The predicted octanol–water partition coefficient (Wildman–Crippen LogP) is -0.961. The molecule has 0 N–H and O–H groups in total. The van der Waals surface area contributed by atoms with Crippen LogP contribution in [0.3, 0.4) is 0 Å². The molecule has 0 aliphatic heterocycles. The topological polar surface area (TPSA) is 12.9 Å². The second-order valence-corrected chi connectivity index (χ2v) is 2.12. The summed E-state index contributed by atoms with van der Waals surface area (Å²) in [6, 6.07) is 12.7. The second-order valence-electron chi connectivity index (χ2n) is 2.12. The Labute approximate surface area is 108 Å².